The largest absolute Gasteiger partial charge is 0.0985 e. The van der Waals surface area contributed by atoms with Gasteiger partial charge in [0.15, 0.2) is 0 Å². The van der Waals surface area contributed by atoms with Crippen molar-refractivity contribution in [3.05, 3.63) is 84.4 Å². The SMILES string of the molecule is C=Cc1ccccc1.CC(C)C=Cc1ccccc1. The quantitative estimate of drug-likeness (QED) is 0.657. The van der Waals surface area contributed by atoms with Crippen molar-refractivity contribution in [3.8, 4) is 0 Å². The van der Waals surface area contributed by atoms with E-state index in [1.54, 1.807) is 0 Å². The van der Waals surface area contributed by atoms with Crippen molar-refractivity contribution in [1.82, 2.24) is 0 Å². The van der Waals surface area contributed by atoms with Gasteiger partial charge >= 0.3 is 0 Å². The van der Waals surface area contributed by atoms with Crippen LogP contribution >= 0.6 is 0 Å². The molecule has 0 bridgehead atoms. The van der Waals surface area contributed by atoms with Crippen LogP contribution in [-0.2, 0) is 0 Å². The van der Waals surface area contributed by atoms with Gasteiger partial charge < -0.3 is 0 Å². The van der Waals surface area contributed by atoms with Crippen molar-refractivity contribution in [2.75, 3.05) is 0 Å². The third-order valence-corrected chi connectivity index (χ3v) is 2.51. The monoisotopic (exact) mass is 250 g/mol. The molecule has 2 aromatic carbocycles. The van der Waals surface area contributed by atoms with Gasteiger partial charge in [-0.3, -0.25) is 0 Å². The number of hydrogen-bond donors (Lipinski definition) is 0. The molecule has 0 N–H and O–H groups in total. The van der Waals surface area contributed by atoms with E-state index < -0.39 is 0 Å². The summed E-state index contributed by atoms with van der Waals surface area (Å²) in [5.74, 6) is 0.634. The van der Waals surface area contributed by atoms with Gasteiger partial charge in [-0.05, 0) is 17.0 Å². The number of rotatable bonds is 3. The second-order valence-electron chi connectivity index (χ2n) is 4.63. The van der Waals surface area contributed by atoms with E-state index in [1.165, 1.54) is 11.1 Å². The molecule has 2 aromatic rings. The van der Waals surface area contributed by atoms with Gasteiger partial charge in [0.2, 0.25) is 0 Å². The molecule has 0 fully saturated rings. The van der Waals surface area contributed by atoms with E-state index in [0.29, 0.717) is 5.92 Å². The van der Waals surface area contributed by atoms with E-state index in [0.717, 1.165) is 0 Å². The summed E-state index contributed by atoms with van der Waals surface area (Å²) in [5, 5.41) is 0. The molecule has 0 amide bonds. The van der Waals surface area contributed by atoms with E-state index in [-0.39, 0.29) is 0 Å². The Morgan fingerprint density at radius 3 is 1.63 bits per heavy atom. The second kappa shape index (κ2) is 8.93. The van der Waals surface area contributed by atoms with Crippen LogP contribution in [0.2, 0.25) is 0 Å². The van der Waals surface area contributed by atoms with Crippen LogP contribution in [-0.4, -0.2) is 0 Å². The molecule has 2 rings (SSSR count). The average Bonchev–Trinajstić information content (AvgIpc) is 2.48. The van der Waals surface area contributed by atoms with Crippen LogP contribution in [0, 0.1) is 5.92 Å². The maximum Gasteiger partial charge on any atom is -0.0260 e. The predicted octanol–water partition coefficient (Wildman–Crippen LogP) is 5.69. The van der Waals surface area contributed by atoms with E-state index in [4.69, 9.17) is 0 Å². The lowest BCUT2D eigenvalue weighted by molar-refractivity contribution is 0.836. The molecule has 0 heterocycles. The van der Waals surface area contributed by atoms with Crippen molar-refractivity contribution < 1.29 is 0 Å². The minimum Gasteiger partial charge on any atom is -0.0985 e. The molecule has 98 valence electrons. The lowest BCUT2D eigenvalue weighted by atomic mass is 10.1. The minimum atomic E-state index is 0.634. The molecule has 0 aliphatic carbocycles. The molecule has 0 aliphatic heterocycles. The summed E-state index contributed by atoms with van der Waals surface area (Å²) in [5.41, 5.74) is 2.45. The molecule has 0 aromatic heterocycles. The summed E-state index contributed by atoms with van der Waals surface area (Å²) in [6.45, 7) is 7.99. The summed E-state index contributed by atoms with van der Waals surface area (Å²) in [4.78, 5) is 0. The Kier molecular flexibility index (Phi) is 7.04. The zero-order valence-electron chi connectivity index (χ0n) is 11.8. The molecule has 0 radical (unpaired) electrons. The first-order chi connectivity index (χ1) is 9.22. The first-order valence-corrected chi connectivity index (χ1v) is 6.63. The van der Waals surface area contributed by atoms with E-state index in [9.17, 15) is 0 Å². The summed E-state index contributed by atoms with van der Waals surface area (Å²) < 4.78 is 0. The molecule has 0 atom stereocenters. The minimum absolute atomic E-state index is 0.634. The first kappa shape index (κ1) is 15.0. The highest BCUT2D eigenvalue weighted by molar-refractivity contribution is 5.48. The van der Waals surface area contributed by atoms with Crippen LogP contribution in [0.1, 0.15) is 25.0 Å². The Bertz CT molecular complexity index is 478. The summed E-state index contributed by atoms with van der Waals surface area (Å²) in [6.07, 6.45) is 6.19. The second-order valence-corrected chi connectivity index (χ2v) is 4.63. The summed E-state index contributed by atoms with van der Waals surface area (Å²) in [6, 6.07) is 20.4. The summed E-state index contributed by atoms with van der Waals surface area (Å²) >= 11 is 0. The van der Waals surface area contributed by atoms with Crippen molar-refractivity contribution in [2.45, 2.75) is 13.8 Å². The van der Waals surface area contributed by atoms with Gasteiger partial charge in [-0.25, -0.2) is 0 Å². The lowest BCUT2D eigenvalue weighted by Gasteiger charge is -1.93. The Labute approximate surface area is 117 Å². The average molecular weight is 250 g/mol. The highest BCUT2D eigenvalue weighted by atomic mass is 13.9. The maximum absolute atomic E-state index is 3.63. The topological polar surface area (TPSA) is 0 Å². The predicted molar refractivity (Wildman–Crippen MR) is 86.8 cm³/mol. The van der Waals surface area contributed by atoms with Crippen LogP contribution in [0.4, 0.5) is 0 Å². The van der Waals surface area contributed by atoms with Gasteiger partial charge in [-0.15, -0.1) is 0 Å². The summed E-state index contributed by atoms with van der Waals surface area (Å²) in [7, 11) is 0. The number of allylic oxidation sites excluding steroid dienone is 1. The van der Waals surface area contributed by atoms with E-state index >= 15 is 0 Å². The Balaban J connectivity index is 0.000000200. The van der Waals surface area contributed by atoms with Gasteiger partial charge in [-0.1, -0.05) is 99.3 Å². The molecule has 0 heteroatoms. The van der Waals surface area contributed by atoms with Crippen molar-refractivity contribution >= 4 is 12.2 Å². The van der Waals surface area contributed by atoms with Crippen molar-refractivity contribution in [1.29, 1.82) is 0 Å². The number of hydrogen-bond acceptors (Lipinski definition) is 0. The third-order valence-electron chi connectivity index (χ3n) is 2.51. The zero-order valence-corrected chi connectivity index (χ0v) is 11.8. The van der Waals surface area contributed by atoms with Gasteiger partial charge in [0.1, 0.15) is 0 Å². The molecule has 0 spiro atoms. The maximum atomic E-state index is 3.63. The molecule has 0 nitrogen and oxygen atoms in total. The fourth-order valence-corrected chi connectivity index (χ4v) is 1.46. The fourth-order valence-electron chi connectivity index (χ4n) is 1.46. The van der Waals surface area contributed by atoms with E-state index in [2.05, 4.69) is 56.8 Å². The van der Waals surface area contributed by atoms with Crippen molar-refractivity contribution in [3.63, 3.8) is 0 Å². The molecule has 19 heavy (non-hydrogen) atoms. The number of benzene rings is 2. The van der Waals surface area contributed by atoms with Crippen LogP contribution in [0.25, 0.3) is 12.2 Å². The van der Waals surface area contributed by atoms with Crippen molar-refractivity contribution in [2.24, 2.45) is 5.92 Å². The zero-order chi connectivity index (χ0) is 13.9. The van der Waals surface area contributed by atoms with Gasteiger partial charge in [-0.2, -0.15) is 0 Å². The third kappa shape index (κ3) is 7.05. The van der Waals surface area contributed by atoms with Crippen LogP contribution in [0.15, 0.2) is 73.3 Å². The molecule has 0 saturated heterocycles. The highest BCUT2D eigenvalue weighted by Crippen LogP contribution is 2.03. The molecule has 0 unspecified atom stereocenters. The molecular weight excluding hydrogens is 228 g/mol. The Morgan fingerprint density at radius 2 is 1.26 bits per heavy atom. The Hall–Kier alpha value is -2.08. The van der Waals surface area contributed by atoms with Crippen LogP contribution in [0.3, 0.4) is 0 Å². The standard InChI is InChI=1S/C11H14.C8H8/c1-10(2)8-9-11-6-4-3-5-7-11;1-2-8-6-4-3-5-7-8/h3-10H,1-2H3;2-7H,1H2. The smallest absolute Gasteiger partial charge is 0.0260 e. The molecular formula is C19H22. The molecule has 0 saturated carbocycles. The van der Waals surface area contributed by atoms with Crippen LogP contribution < -0.4 is 0 Å². The van der Waals surface area contributed by atoms with Gasteiger partial charge in [0.25, 0.3) is 0 Å². The van der Waals surface area contributed by atoms with Gasteiger partial charge in [0.05, 0.1) is 0 Å². The highest BCUT2D eigenvalue weighted by Gasteiger charge is 1.84. The first-order valence-electron chi connectivity index (χ1n) is 6.63. The van der Waals surface area contributed by atoms with E-state index in [1.807, 2.05) is 42.5 Å². The lowest BCUT2D eigenvalue weighted by Crippen LogP contribution is -1.76. The normalized spacial score (nSPS) is 10.1. The fraction of sp³-hybridized carbons (Fsp3) is 0.158. The van der Waals surface area contributed by atoms with Gasteiger partial charge in [0, 0.05) is 0 Å². The van der Waals surface area contributed by atoms with Crippen LogP contribution in [0.5, 0.6) is 0 Å². The molecule has 0 aliphatic rings. The Morgan fingerprint density at radius 1 is 0.789 bits per heavy atom.